The lowest BCUT2D eigenvalue weighted by molar-refractivity contribution is -0.116. The summed E-state index contributed by atoms with van der Waals surface area (Å²) in [5.41, 5.74) is 1.46. The van der Waals surface area contributed by atoms with Crippen LogP contribution in [0.25, 0.3) is 0 Å². The molecule has 2 aromatic rings. The van der Waals surface area contributed by atoms with E-state index in [1.807, 2.05) is 6.92 Å². The lowest BCUT2D eigenvalue weighted by atomic mass is 10.2. The summed E-state index contributed by atoms with van der Waals surface area (Å²) in [5.74, 6) is -1.17. The number of rotatable bonds is 6. The quantitative estimate of drug-likeness (QED) is 0.809. The first-order chi connectivity index (χ1) is 11.4. The van der Waals surface area contributed by atoms with Gasteiger partial charge in [0.05, 0.1) is 18.5 Å². The monoisotopic (exact) mass is 354 g/mol. The number of hydrogen-bond donors (Lipinski definition) is 2. The standard InChI is InChI=1S/C17H17ClF2N2O2/c1-10-7-15(16(24-2)9-12(10)18)22-17(23)5-6-21-14-4-3-11(19)8-13(14)20/h3-4,7-9,21H,5-6H2,1-2H3,(H,22,23). The molecule has 0 heterocycles. The molecule has 128 valence electrons. The summed E-state index contributed by atoms with van der Waals surface area (Å²) < 4.78 is 31.5. The van der Waals surface area contributed by atoms with Crippen LogP contribution in [0, 0.1) is 18.6 Å². The molecule has 7 heteroatoms. The number of amides is 1. The molecular formula is C17H17ClF2N2O2. The van der Waals surface area contributed by atoms with Crippen molar-refractivity contribution in [1.29, 1.82) is 0 Å². The average molecular weight is 355 g/mol. The minimum atomic E-state index is -0.703. The Balaban J connectivity index is 1.93. The van der Waals surface area contributed by atoms with E-state index in [2.05, 4.69) is 10.6 Å². The Kier molecular flexibility index (Phi) is 5.98. The molecule has 0 aromatic heterocycles. The Morgan fingerprint density at radius 3 is 2.62 bits per heavy atom. The molecule has 0 bridgehead atoms. The van der Waals surface area contributed by atoms with Crippen LogP contribution in [-0.4, -0.2) is 19.6 Å². The fraction of sp³-hybridized carbons (Fsp3) is 0.235. The minimum Gasteiger partial charge on any atom is -0.495 e. The van der Waals surface area contributed by atoms with Crippen LogP contribution in [0.15, 0.2) is 30.3 Å². The predicted molar refractivity (Wildman–Crippen MR) is 90.8 cm³/mol. The highest BCUT2D eigenvalue weighted by molar-refractivity contribution is 6.31. The first kappa shape index (κ1) is 18.0. The van der Waals surface area contributed by atoms with Crippen molar-refractivity contribution >= 4 is 28.9 Å². The van der Waals surface area contributed by atoms with Crippen molar-refractivity contribution in [2.24, 2.45) is 0 Å². The lowest BCUT2D eigenvalue weighted by Gasteiger charge is -2.13. The van der Waals surface area contributed by atoms with Crippen molar-refractivity contribution < 1.29 is 18.3 Å². The Morgan fingerprint density at radius 2 is 1.96 bits per heavy atom. The highest BCUT2D eigenvalue weighted by atomic mass is 35.5. The molecule has 0 fully saturated rings. The fourth-order valence-corrected chi connectivity index (χ4v) is 2.24. The molecule has 2 rings (SSSR count). The first-order valence-electron chi connectivity index (χ1n) is 7.23. The number of hydrogen-bond acceptors (Lipinski definition) is 3. The molecule has 0 unspecified atom stereocenters. The first-order valence-corrected chi connectivity index (χ1v) is 7.61. The van der Waals surface area contributed by atoms with Crippen LogP contribution in [0.2, 0.25) is 5.02 Å². The van der Waals surface area contributed by atoms with Crippen molar-refractivity contribution in [3.8, 4) is 5.75 Å². The van der Waals surface area contributed by atoms with Gasteiger partial charge in [0.25, 0.3) is 0 Å². The highest BCUT2D eigenvalue weighted by Gasteiger charge is 2.11. The Morgan fingerprint density at radius 1 is 1.21 bits per heavy atom. The highest BCUT2D eigenvalue weighted by Crippen LogP contribution is 2.31. The Bertz CT molecular complexity index is 754. The molecule has 0 spiro atoms. The van der Waals surface area contributed by atoms with Crippen molar-refractivity contribution in [1.82, 2.24) is 0 Å². The number of methoxy groups -OCH3 is 1. The SMILES string of the molecule is COc1cc(Cl)c(C)cc1NC(=O)CCNc1ccc(F)cc1F. The van der Waals surface area contributed by atoms with Gasteiger partial charge in [0.1, 0.15) is 17.4 Å². The minimum absolute atomic E-state index is 0.0989. The van der Waals surface area contributed by atoms with Crippen LogP contribution in [0.5, 0.6) is 5.75 Å². The molecule has 0 saturated heterocycles. The maximum absolute atomic E-state index is 13.5. The number of aryl methyl sites for hydroxylation is 1. The van der Waals surface area contributed by atoms with Gasteiger partial charge in [-0.1, -0.05) is 11.6 Å². The zero-order valence-electron chi connectivity index (χ0n) is 13.3. The van der Waals surface area contributed by atoms with Gasteiger partial charge in [-0.2, -0.15) is 0 Å². The fourth-order valence-electron chi connectivity index (χ4n) is 2.09. The molecule has 0 aliphatic heterocycles. The molecule has 0 radical (unpaired) electrons. The number of anilines is 2. The van der Waals surface area contributed by atoms with Crippen LogP contribution in [0.4, 0.5) is 20.2 Å². The summed E-state index contributed by atoms with van der Waals surface area (Å²) in [6.45, 7) is 2.01. The number of carbonyl (C=O) groups excluding carboxylic acids is 1. The third kappa shape index (κ3) is 4.58. The zero-order chi connectivity index (χ0) is 17.7. The summed E-state index contributed by atoms with van der Waals surface area (Å²) in [4.78, 5) is 12.0. The second kappa shape index (κ2) is 7.97. The maximum atomic E-state index is 13.5. The van der Waals surface area contributed by atoms with Crippen LogP contribution in [0.3, 0.4) is 0 Å². The van der Waals surface area contributed by atoms with Crippen LogP contribution in [-0.2, 0) is 4.79 Å². The molecule has 24 heavy (non-hydrogen) atoms. The largest absolute Gasteiger partial charge is 0.495 e. The van der Waals surface area contributed by atoms with Gasteiger partial charge in [0, 0.05) is 30.1 Å². The summed E-state index contributed by atoms with van der Waals surface area (Å²) in [7, 11) is 1.48. The van der Waals surface area contributed by atoms with E-state index in [1.54, 1.807) is 12.1 Å². The van der Waals surface area contributed by atoms with Crippen LogP contribution in [0.1, 0.15) is 12.0 Å². The van der Waals surface area contributed by atoms with E-state index in [0.29, 0.717) is 16.5 Å². The molecular weight excluding hydrogens is 338 g/mol. The van der Waals surface area contributed by atoms with Gasteiger partial charge >= 0.3 is 0 Å². The molecule has 2 N–H and O–H groups in total. The number of ether oxygens (including phenoxy) is 1. The molecule has 0 aliphatic rings. The number of benzene rings is 2. The second-order valence-electron chi connectivity index (χ2n) is 5.15. The van der Waals surface area contributed by atoms with E-state index < -0.39 is 11.6 Å². The molecule has 2 aromatic carbocycles. The zero-order valence-corrected chi connectivity index (χ0v) is 14.0. The average Bonchev–Trinajstić information content (AvgIpc) is 2.52. The second-order valence-corrected chi connectivity index (χ2v) is 5.56. The topological polar surface area (TPSA) is 50.4 Å². The van der Waals surface area contributed by atoms with E-state index in [4.69, 9.17) is 16.3 Å². The third-order valence-electron chi connectivity index (χ3n) is 3.35. The van der Waals surface area contributed by atoms with E-state index in [0.717, 1.165) is 17.7 Å². The smallest absolute Gasteiger partial charge is 0.226 e. The van der Waals surface area contributed by atoms with Gasteiger partial charge in [0.2, 0.25) is 5.91 Å². The molecule has 4 nitrogen and oxygen atoms in total. The van der Waals surface area contributed by atoms with Crippen molar-refractivity contribution in [2.45, 2.75) is 13.3 Å². The van der Waals surface area contributed by atoms with Crippen molar-refractivity contribution in [3.63, 3.8) is 0 Å². The summed E-state index contributed by atoms with van der Waals surface area (Å²) in [5, 5.41) is 6.01. The number of carbonyl (C=O) groups is 1. The van der Waals surface area contributed by atoms with E-state index in [-0.39, 0.29) is 24.6 Å². The molecule has 0 aliphatic carbocycles. The molecule has 1 amide bonds. The van der Waals surface area contributed by atoms with Crippen LogP contribution < -0.4 is 15.4 Å². The number of halogens is 3. The van der Waals surface area contributed by atoms with Crippen LogP contribution >= 0.6 is 11.6 Å². The van der Waals surface area contributed by atoms with Gasteiger partial charge in [-0.3, -0.25) is 4.79 Å². The molecule has 0 atom stereocenters. The van der Waals surface area contributed by atoms with Crippen molar-refractivity contribution in [2.75, 3.05) is 24.3 Å². The van der Waals surface area contributed by atoms with E-state index in [1.165, 1.54) is 13.2 Å². The lowest BCUT2D eigenvalue weighted by Crippen LogP contribution is -2.17. The normalized spacial score (nSPS) is 10.4. The molecule has 0 saturated carbocycles. The van der Waals surface area contributed by atoms with E-state index in [9.17, 15) is 13.6 Å². The summed E-state index contributed by atoms with van der Waals surface area (Å²) >= 11 is 6.01. The van der Waals surface area contributed by atoms with Gasteiger partial charge in [-0.25, -0.2) is 8.78 Å². The maximum Gasteiger partial charge on any atom is 0.226 e. The van der Waals surface area contributed by atoms with Gasteiger partial charge in [-0.05, 0) is 30.7 Å². The van der Waals surface area contributed by atoms with Gasteiger partial charge in [-0.15, -0.1) is 0 Å². The Hall–Kier alpha value is -2.34. The van der Waals surface area contributed by atoms with Crippen molar-refractivity contribution in [3.05, 3.63) is 52.6 Å². The van der Waals surface area contributed by atoms with Gasteiger partial charge in [0.15, 0.2) is 0 Å². The number of nitrogens with one attached hydrogen (secondary N) is 2. The summed E-state index contributed by atoms with van der Waals surface area (Å²) in [6, 6.07) is 6.55. The summed E-state index contributed by atoms with van der Waals surface area (Å²) in [6.07, 6.45) is 0.0989. The predicted octanol–water partition coefficient (Wildman–Crippen LogP) is 4.38. The third-order valence-corrected chi connectivity index (χ3v) is 3.76. The van der Waals surface area contributed by atoms with E-state index >= 15 is 0 Å². The Labute approximate surface area is 143 Å². The van der Waals surface area contributed by atoms with Gasteiger partial charge < -0.3 is 15.4 Å².